The summed E-state index contributed by atoms with van der Waals surface area (Å²) in [6, 6.07) is 2.50. The molecular formula is C13H11N3O5. The Bertz CT molecular complexity index is 699. The van der Waals surface area contributed by atoms with Gasteiger partial charge in [-0.2, -0.15) is 0 Å². The Hall–Kier alpha value is -2.77. The number of anilines is 1. The van der Waals surface area contributed by atoms with Gasteiger partial charge in [-0.1, -0.05) is 5.16 Å². The molecule has 1 aromatic rings. The number of amides is 2. The molecule has 3 aliphatic rings. The second-order valence-corrected chi connectivity index (χ2v) is 5.06. The maximum atomic E-state index is 12.6. The molecule has 8 heteroatoms. The normalized spacial score (nSPS) is 24.7. The molecule has 4 rings (SSSR count). The van der Waals surface area contributed by atoms with Crippen molar-refractivity contribution in [3.8, 4) is 11.5 Å². The third-order valence-corrected chi connectivity index (χ3v) is 3.86. The second kappa shape index (κ2) is 4.11. The first-order valence-corrected chi connectivity index (χ1v) is 6.42. The smallest absolute Gasteiger partial charge is 0.257 e. The maximum Gasteiger partial charge on any atom is 0.257 e. The summed E-state index contributed by atoms with van der Waals surface area (Å²) in [6.07, 6.45) is 0.231. The van der Waals surface area contributed by atoms with Crippen molar-refractivity contribution in [1.29, 1.82) is 0 Å². The van der Waals surface area contributed by atoms with Crippen LogP contribution in [-0.2, 0) is 4.79 Å². The van der Waals surface area contributed by atoms with Gasteiger partial charge in [-0.25, -0.2) is 0 Å². The Morgan fingerprint density at radius 2 is 2.05 bits per heavy atom. The number of rotatable bonds is 0. The van der Waals surface area contributed by atoms with Crippen LogP contribution in [0.4, 0.5) is 5.69 Å². The van der Waals surface area contributed by atoms with Gasteiger partial charge in [-0.3, -0.25) is 9.59 Å². The fraction of sp³-hybridized carbons (Fsp3) is 0.308. The van der Waals surface area contributed by atoms with Gasteiger partial charge in [0.25, 0.3) is 5.91 Å². The Morgan fingerprint density at radius 3 is 2.81 bits per heavy atom. The standard InChI is InChI=1S/C13H11N3O5/c17-12-9-1-6(15-19)4-16(9)13(18)7-2-10-11(21-5-20-10)3-8(7)14-12/h2-3,9,19H,1,4-5H2,(H,14,17)/b15-6-/t9-/m0/s1. The Morgan fingerprint density at radius 1 is 1.29 bits per heavy atom. The highest BCUT2D eigenvalue weighted by atomic mass is 16.7. The van der Waals surface area contributed by atoms with E-state index in [9.17, 15) is 9.59 Å². The number of fused-ring (bicyclic) bond motifs is 3. The summed E-state index contributed by atoms with van der Waals surface area (Å²) in [7, 11) is 0. The lowest BCUT2D eigenvalue weighted by atomic mass is 10.1. The molecule has 1 aromatic carbocycles. The van der Waals surface area contributed by atoms with Crippen LogP contribution in [0.15, 0.2) is 17.3 Å². The van der Waals surface area contributed by atoms with Gasteiger partial charge in [-0.15, -0.1) is 0 Å². The number of nitrogens with zero attached hydrogens (tertiary/aromatic N) is 2. The lowest BCUT2D eigenvalue weighted by molar-refractivity contribution is -0.119. The van der Waals surface area contributed by atoms with Crippen LogP contribution in [0.5, 0.6) is 11.5 Å². The molecule has 1 saturated heterocycles. The molecule has 0 spiro atoms. The van der Waals surface area contributed by atoms with Gasteiger partial charge in [0.05, 0.1) is 23.5 Å². The molecule has 3 aliphatic heterocycles. The molecule has 0 unspecified atom stereocenters. The molecule has 1 atom stereocenters. The van der Waals surface area contributed by atoms with E-state index < -0.39 is 6.04 Å². The molecule has 2 N–H and O–H groups in total. The molecule has 1 fully saturated rings. The molecule has 21 heavy (non-hydrogen) atoms. The van der Waals surface area contributed by atoms with Crippen molar-refractivity contribution in [1.82, 2.24) is 4.90 Å². The molecule has 8 nitrogen and oxygen atoms in total. The van der Waals surface area contributed by atoms with Crippen molar-refractivity contribution < 1.29 is 24.3 Å². The average Bonchev–Trinajstić information content (AvgIpc) is 3.09. The fourth-order valence-corrected chi connectivity index (χ4v) is 2.82. The monoisotopic (exact) mass is 289 g/mol. The molecule has 3 heterocycles. The number of benzene rings is 1. The van der Waals surface area contributed by atoms with Crippen LogP contribution in [0.2, 0.25) is 0 Å². The molecule has 0 aliphatic carbocycles. The Labute approximate surface area is 118 Å². The number of hydrogen-bond donors (Lipinski definition) is 2. The van der Waals surface area contributed by atoms with Crippen molar-refractivity contribution in [3.63, 3.8) is 0 Å². The van der Waals surface area contributed by atoms with Crippen molar-refractivity contribution >= 4 is 23.2 Å². The van der Waals surface area contributed by atoms with E-state index in [0.717, 1.165) is 0 Å². The zero-order chi connectivity index (χ0) is 14.6. The number of ether oxygens (including phenoxy) is 2. The van der Waals surface area contributed by atoms with E-state index in [4.69, 9.17) is 14.7 Å². The highest BCUT2D eigenvalue weighted by Crippen LogP contribution is 2.39. The lowest BCUT2D eigenvalue weighted by Gasteiger charge is -2.19. The first-order valence-electron chi connectivity index (χ1n) is 6.42. The second-order valence-electron chi connectivity index (χ2n) is 5.06. The first kappa shape index (κ1) is 12.0. The van der Waals surface area contributed by atoms with E-state index in [1.165, 1.54) is 4.90 Å². The highest BCUT2D eigenvalue weighted by molar-refractivity contribution is 6.14. The number of nitrogens with one attached hydrogen (secondary N) is 1. The first-order chi connectivity index (χ1) is 10.2. The molecule has 0 aromatic heterocycles. The zero-order valence-electron chi connectivity index (χ0n) is 10.8. The van der Waals surface area contributed by atoms with Crippen molar-refractivity contribution in [2.75, 3.05) is 18.7 Å². The number of carbonyl (C=O) groups excluding carboxylic acids is 2. The van der Waals surface area contributed by atoms with Crippen LogP contribution in [-0.4, -0.2) is 47.0 Å². The third kappa shape index (κ3) is 1.65. The van der Waals surface area contributed by atoms with Crippen LogP contribution in [0.3, 0.4) is 0 Å². The number of oxime groups is 1. The van der Waals surface area contributed by atoms with E-state index in [1.54, 1.807) is 12.1 Å². The maximum absolute atomic E-state index is 12.6. The van der Waals surface area contributed by atoms with Gasteiger partial charge in [0.2, 0.25) is 12.7 Å². The summed E-state index contributed by atoms with van der Waals surface area (Å²) < 4.78 is 10.5. The van der Waals surface area contributed by atoms with Crippen LogP contribution in [0.25, 0.3) is 0 Å². The minimum atomic E-state index is -0.660. The van der Waals surface area contributed by atoms with Crippen molar-refractivity contribution in [3.05, 3.63) is 17.7 Å². The summed E-state index contributed by atoms with van der Waals surface area (Å²) in [5, 5.41) is 14.7. The Balaban J connectivity index is 1.82. The minimum absolute atomic E-state index is 0.0913. The van der Waals surface area contributed by atoms with Crippen LogP contribution < -0.4 is 14.8 Å². The summed E-state index contributed by atoms with van der Waals surface area (Å²) in [6.45, 7) is 0.231. The molecular weight excluding hydrogens is 278 g/mol. The summed E-state index contributed by atoms with van der Waals surface area (Å²) >= 11 is 0. The minimum Gasteiger partial charge on any atom is -0.454 e. The van der Waals surface area contributed by atoms with Crippen LogP contribution in [0, 0.1) is 0 Å². The summed E-state index contributed by atoms with van der Waals surface area (Å²) in [4.78, 5) is 26.3. The van der Waals surface area contributed by atoms with E-state index in [-0.39, 0.29) is 31.6 Å². The predicted molar refractivity (Wildman–Crippen MR) is 69.9 cm³/mol. The molecule has 108 valence electrons. The summed E-state index contributed by atoms with van der Waals surface area (Å²) in [5.74, 6) is 0.372. The van der Waals surface area contributed by atoms with Gasteiger partial charge in [0, 0.05) is 12.5 Å². The van der Waals surface area contributed by atoms with Gasteiger partial charge in [-0.05, 0) is 6.07 Å². The zero-order valence-corrected chi connectivity index (χ0v) is 10.8. The van der Waals surface area contributed by atoms with Gasteiger partial charge in [0.1, 0.15) is 6.04 Å². The van der Waals surface area contributed by atoms with Crippen molar-refractivity contribution in [2.24, 2.45) is 5.16 Å². The van der Waals surface area contributed by atoms with E-state index in [2.05, 4.69) is 10.5 Å². The van der Waals surface area contributed by atoms with Gasteiger partial charge >= 0.3 is 0 Å². The largest absolute Gasteiger partial charge is 0.454 e. The van der Waals surface area contributed by atoms with E-state index in [0.29, 0.717) is 28.5 Å². The Kier molecular flexibility index (Phi) is 2.35. The molecule has 2 amide bonds. The van der Waals surface area contributed by atoms with Crippen molar-refractivity contribution in [2.45, 2.75) is 12.5 Å². The summed E-state index contributed by atoms with van der Waals surface area (Å²) in [5.41, 5.74) is 1.16. The fourth-order valence-electron chi connectivity index (χ4n) is 2.82. The lowest BCUT2D eigenvalue weighted by Crippen LogP contribution is -2.40. The van der Waals surface area contributed by atoms with E-state index in [1.807, 2.05) is 0 Å². The van der Waals surface area contributed by atoms with Crippen LogP contribution >= 0.6 is 0 Å². The number of carbonyl (C=O) groups is 2. The SMILES string of the molecule is O=C1Nc2cc3c(cc2C(=O)N2C/C(=N\O)C[C@@H]12)OCO3. The quantitative estimate of drug-likeness (QED) is 0.532. The number of hydrogen-bond acceptors (Lipinski definition) is 6. The predicted octanol–water partition coefficient (Wildman–Crippen LogP) is 0.412. The highest BCUT2D eigenvalue weighted by Gasteiger charge is 2.42. The average molecular weight is 289 g/mol. The third-order valence-electron chi connectivity index (χ3n) is 3.86. The van der Waals surface area contributed by atoms with Gasteiger partial charge in [0.15, 0.2) is 11.5 Å². The molecule has 0 saturated carbocycles. The van der Waals surface area contributed by atoms with E-state index >= 15 is 0 Å². The topological polar surface area (TPSA) is 100 Å². The van der Waals surface area contributed by atoms with Crippen LogP contribution in [0.1, 0.15) is 16.8 Å². The molecule has 0 bridgehead atoms. The molecule has 0 radical (unpaired) electrons. The van der Waals surface area contributed by atoms with Gasteiger partial charge < -0.3 is 24.9 Å².